The van der Waals surface area contributed by atoms with Crippen molar-refractivity contribution in [3.8, 4) is 0 Å². The minimum atomic E-state index is -0.704. The Balaban J connectivity index is 1.30. The molecule has 0 aromatic heterocycles. The van der Waals surface area contributed by atoms with E-state index < -0.39 is 17.8 Å². The Kier molecular flexibility index (Phi) is 6.55. The average molecular weight is 415 g/mol. The first-order valence-electron chi connectivity index (χ1n) is 9.67. The molecule has 10 nitrogen and oxygen atoms in total. The Morgan fingerprint density at radius 2 is 1.47 bits per heavy atom. The average Bonchev–Trinajstić information content (AvgIpc) is 3.17. The lowest BCUT2D eigenvalue weighted by Crippen LogP contribution is -2.38. The van der Waals surface area contributed by atoms with Crippen LogP contribution in [0, 0.1) is 0 Å². The molecule has 1 saturated heterocycles. The minimum absolute atomic E-state index is 0.0284. The summed E-state index contributed by atoms with van der Waals surface area (Å²) in [4.78, 5) is 76.6. The summed E-state index contributed by atoms with van der Waals surface area (Å²) in [5.74, 6) is -2.80. The molecular weight excluding hydrogens is 394 g/mol. The maximum absolute atomic E-state index is 12.2. The molecule has 3 rings (SSSR count). The normalized spacial score (nSPS) is 15.6. The fourth-order valence-corrected chi connectivity index (χ4v) is 3.20. The highest BCUT2D eigenvalue weighted by atomic mass is 16.7. The third-order valence-electron chi connectivity index (χ3n) is 4.77. The molecule has 2 heterocycles. The van der Waals surface area contributed by atoms with Gasteiger partial charge in [-0.25, -0.2) is 4.79 Å². The molecule has 30 heavy (non-hydrogen) atoms. The van der Waals surface area contributed by atoms with Crippen LogP contribution >= 0.6 is 0 Å². The molecule has 2 aliphatic heterocycles. The van der Waals surface area contributed by atoms with Gasteiger partial charge in [0.15, 0.2) is 0 Å². The third kappa shape index (κ3) is 4.70. The van der Waals surface area contributed by atoms with Gasteiger partial charge in [0.25, 0.3) is 23.6 Å². The van der Waals surface area contributed by atoms with E-state index in [1.807, 2.05) is 0 Å². The van der Waals surface area contributed by atoms with Crippen molar-refractivity contribution in [3.63, 3.8) is 0 Å². The Labute approximate surface area is 172 Å². The van der Waals surface area contributed by atoms with Gasteiger partial charge in [0.2, 0.25) is 5.91 Å². The summed E-state index contributed by atoms with van der Waals surface area (Å²) in [5, 5.41) is 3.13. The molecule has 0 aliphatic carbocycles. The van der Waals surface area contributed by atoms with Crippen LogP contribution in [0.3, 0.4) is 0 Å². The Morgan fingerprint density at radius 1 is 0.900 bits per heavy atom. The molecular formula is C20H21N3O7. The zero-order valence-electron chi connectivity index (χ0n) is 16.2. The van der Waals surface area contributed by atoms with Gasteiger partial charge in [-0.1, -0.05) is 12.1 Å². The summed E-state index contributed by atoms with van der Waals surface area (Å²) in [6, 6.07) is 6.56. The summed E-state index contributed by atoms with van der Waals surface area (Å²) < 4.78 is 0. The van der Waals surface area contributed by atoms with Crippen molar-refractivity contribution in [3.05, 3.63) is 35.4 Å². The van der Waals surface area contributed by atoms with E-state index in [0.29, 0.717) is 29.0 Å². The zero-order valence-corrected chi connectivity index (χ0v) is 16.2. The van der Waals surface area contributed by atoms with E-state index in [1.54, 1.807) is 24.3 Å². The van der Waals surface area contributed by atoms with E-state index in [0.717, 1.165) is 4.90 Å². The highest BCUT2D eigenvalue weighted by molar-refractivity contribution is 6.21. The number of unbranched alkanes of at least 4 members (excludes halogenated alkanes) is 1. The molecule has 0 radical (unpaired) electrons. The Bertz CT molecular complexity index is 860. The standard InChI is InChI=1S/C20H21N3O7/c24-15(7-3-4-8-18(27)30-23-16(25)9-10-17(23)26)21-11-12-22-19(28)13-5-1-2-6-14(13)20(22)29/h1-2,5-6H,3-4,7-12H2,(H,21,24). The van der Waals surface area contributed by atoms with Crippen molar-refractivity contribution >= 4 is 35.5 Å². The smallest absolute Gasteiger partial charge is 0.333 e. The number of imide groups is 2. The van der Waals surface area contributed by atoms with E-state index in [9.17, 15) is 28.8 Å². The van der Waals surface area contributed by atoms with Crippen LogP contribution in [0.25, 0.3) is 0 Å². The molecule has 0 bridgehead atoms. The molecule has 1 fully saturated rings. The topological polar surface area (TPSA) is 130 Å². The predicted molar refractivity (Wildman–Crippen MR) is 100 cm³/mol. The molecule has 1 aromatic rings. The summed E-state index contributed by atoms with van der Waals surface area (Å²) in [5.41, 5.74) is 0.719. The summed E-state index contributed by atoms with van der Waals surface area (Å²) >= 11 is 0. The van der Waals surface area contributed by atoms with Crippen molar-refractivity contribution in [2.45, 2.75) is 38.5 Å². The van der Waals surface area contributed by atoms with Gasteiger partial charge in [0, 0.05) is 38.8 Å². The van der Waals surface area contributed by atoms with Crippen LogP contribution in [0.4, 0.5) is 0 Å². The van der Waals surface area contributed by atoms with E-state index in [4.69, 9.17) is 4.84 Å². The van der Waals surface area contributed by atoms with Gasteiger partial charge >= 0.3 is 5.97 Å². The quantitative estimate of drug-likeness (QED) is 0.461. The summed E-state index contributed by atoms with van der Waals surface area (Å²) in [6.07, 6.45) is 0.938. The number of hydrogen-bond donors (Lipinski definition) is 1. The largest absolute Gasteiger partial charge is 0.354 e. The van der Waals surface area contributed by atoms with Crippen LogP contribution in [-0.4, -0.2) is 58.6 Å². The number of hydroxylamine groups is 2. The van der Waals surface area contributed by atoms with Gasteiger partial charge < -0.3 is 10.2 Å². The van der Waals surface area contributed by atoms with Crippen LogP contribution in [0.5, 0.6) is 0 Å². The van der Waals surface area contributed by atoms with Crippen LogP contribution in [0.1, 0.15) is 59.2 Å². The van der Waals surface area contributed by atoms with E-state index >= 15 is 0 Å². The zero-order chi connectivity index (χ0) is 21.7. The summed E-state index contributed by atoms with van der Waals surface area (Å²) in [6.45, 7) is 0.202. The van der Waals surface area contributed by atoms with Gasteiger partial charge in [-0.2, -0.15) is 0 Å². The number of benzene rings is 1. The fourth-order valence-electron chi connectivity index (χ4n) is 3.20. The SMILES string of the molecule is O=C(CCCCC(=O)ON1C(=O)CCC1=O)NCCN1C(=O)c2ccccc2C1=O. The second-order valence-corrected chi connectivity index (χ2v) is 6.91. The highest BCUT2D eigenvalue weighted by Crippen LogP contribution is 2.21. The van der Waals surface area contributed by atoms with Gasteiger partial charge in [-0.05, 0) is 25.0 Å². The first-order chi connectivity index (χ1) is 14.4. The first kappa shape index (κ1) is 21.2. The highest BCUT2D eigenvalue weighted by Gasteiger charge is 2.34. The monoisotopic (exact) mass is 415 g/mol. The number of carbonyl (C=O) groups is 6. The van der Waals surface area contributed by atoms with Crippen LogP contribution in [-0.2, 0) is 24.0 Å². The van der Waals surface area contributed by atoms with E-state index in [1.165, 1.54) is 0 Å². The third-order valence-corrected chi connectivity index (χ3v) is 4.77. The van der Waals surface area contributed by atoms with Crippen molar-refractivity contribution in [2.75, 3.05) is 13.1 Å². The lowest BCUT2D eigenvalue weighted by atomic mass is 10.1. The molecule has 0 atom stereocenters. The van der Waals surface area contributed by atoms with E-state index in [2.05, 4.69) is 5.32 Å². The van der Waals surface area contributed by atoms with Crippen molar-refractivity contribution < 1.29 is 33.6 Å². The fraction of sp³-hybridized carbons (Fsp3) is 0.400. The second-order valence-electron chi connectivity index (χ2n) is 6.91. The molecule has 0 saturated carbocycles. The predicted octanol–water partition coefficient (Wildman–Crippen LogP) is 0.566. The maximum atomic E-state index is 12.2. The molecule has 2 aliphatic rings. The number of nitrogens with zero attached hydrogens (tertiary/aromatic N) is 2. The molecule has 10 heteroatoms. The Hall–Kier alpha value is -3.56. The van der Waals surface area contributed by atoms with Crippen molar-refractivity contribution in [2.24, 2.45) is 0 Å². The van der Waals surface area contributed by atoms with Gasteiger partial charge in [-0.3, -0.25) is 28.9 Å². The maximum Gasteiger partial charge on any atom is 0.333 e. The Morgan fingerprint density at radius 3 is 2.07 bits per heavy atom. The molecule has 5 amide bonds. The number of hydrogen-bond acceptors (Lipinski definition) is 7. The number of amides is 5. The van der Waals surface area contributed by atoms with Gasteiger partial charge in [-0.15, -0.1) is 5.06 Å². The lowest BCUT2D eigenvalue weighted by molar-refractivity contribution is -0.197. The van der Waals surface area contributed by atoms with Crippen molar-refractivity contribution in [1.29, 1.82) is 0 Å². The van der Waals surface area contributed by atoms with Crippen molar-refractivity contribution in [1.82, 2.24) is 15.3 Å². The molecule has 0 spiro atoms. The molecule has 1 N–H and O–H groups in total. The van der Waals surface area contributed by atoms with Crippen LogP contribution in [0.2, 0.25) is 0 Å². The summed E-state index contributed by atoms with van der Waals surface area (Å²) in [7, 11) is 0. The van der Waals surface area contributed by atoms with Crippen LogP contribution in [0.15, 0.2) is 24.3 Å². The number of rotatable bonds is 9. The first-order valence-corrected chi connectivity index (χ1v) is 9.67. The minimum Gasteiger partial charge on any atom is -0.354 e. The number of fused-ring (bicyclic) bond motifs is 1. The van der Waals surface area contributed by atoms with Crippen LogP contribution < -0.4 is 5.32 Å². The lowest BCUT2D eigenvalue weighted by Gasteiger charge is -2.14. The molecule has 1 aromatic carbocycles. The second kappa shape index (κ2) is 9.29. The number of nitrogens with one attached hydrogen (secondary N) is 1. The van der Waals surface area contributed by atoms with Gasteiger partial charge in [0.05, 0.1) is 11.1 Å². The van der Waals surface area contributed by atoms with E-state index in [-0.39, 0.29) is 56.5 Å². The molecule has 158 valence electrons. The molecule has 0 unspecified atom stereocenters. The van der Waals surface area contributed by atoms with Gasteiger partial charge in [0.1, 0.15) is 0 Å². The number of carbonyl (C=O) groups excluding carboxylic acids is 6.